The number of carbonyl (C=O) groups excluding carboxylic acids is 1. The summed E-state index contributed by atoms with van der Waals surface area (Å²) in [6, 6.07) is 5.47. The first kappa shape index (κ1) is 12.8. The Labute approximate surface area is 99.5 Å². The van der Waals surface area contributed by atoms with Crippen LogP contribution < -0.4 is 10.1 Å². The van der Waals surface area contributed by atoms with E-state index >= 15 is 0 Å². The normalized spacial score (nSPS) is 9.94. The molecule has 0 amide bonds. The number of rotatable bonds is 5. The number of nitrogens with one attached hydrogen (secondary N) is 1. The van der Waals surface area contributed by atoms with Crippen LogP contribution in [0.2, 0.25) is 5.02 Å². The van der Waals surface area contributed by atoms with Gasteiger partial charge in [0.05, 0.1) is 25.8 Å². The van der Waals surface area contributed by atoms with Crippen LogP contribution in [0.1, 0.15) is 5.56 Å². The SMILES string of the molecule is COC(=O)CNCc1ccc(OC)c(Cl)c1. The van der Waals surface area contributed by atoms with Crippen molar-refractivity contribution in [1.82, 2.24) is 5.32 Å². The molecule has 0 aliphatic rings. The van der Waals surface area contributed by atoms with E-state index in [2.05, 4.69) is 10.1 Å². The lowest BCUT2D eigenvalue weighted by Crippen LogP contribution is -2.23. The van der Waals surface area contributed by atoms with Crippen LogP contribution in [-0.4, -0.2) is 26.7 Å². The van der Waals surface area contributed by atoms with Crippen LogP contribution >= 0.6 is 11.6 Å². The summed E-state index contributed by atoms with van der Waals surface area (Å²) in [6.07, 6.45) is 0. The highest BCUT2D eigenvalue weighted by atomic mass is 35.5. The molecule has 0 heterocycles. The predicted octanol–water partition coefficient (Wildman–Crippen LogP) is 1.61. The van der Waals surface area contributed by atoms with E-state index in [1.807, 2.05) is 6.07 Å². The Morgan fingerprint density at radius 2 is 2.19 bits per heavy atom. The van der Waals surface area contributed by atoms with Gasteiger partial charge < -0.3 is 14.8 Å². The second-order valence-corrected chi connectivity index (χ2v) is 3.56. The summed E-state index contributed by atoms with van der Waals surface area (Å²) in [5.41, 5.74) is 0.981. The number of hydrogen-bond donors (Lipinski definition) is 1. The van der Waals surface area contributed by atoms with Gasteiger partial charge in [0.2, 0.25) is 0 Å². The van der Waals surface area contributed by atoms with Crippen LogP contribution in [0.25, 0.3) is 0 Å². The molecule has 0 radical (unpaired) electrons. The number of carbonyl (C=O) groups is 1. The molecular formula is C11H14ClNO3. The molecule has 88 valence electrons. The third-order valence-electron chi connectivity index (χ3n) is 2.04. The summed E-state index contributed by atoms with van der Waals surface area (Å²) in [5.74, 6) is 0.345. The molecule has 0 atom stereocenters. The lowest BCUT2D eigenvalue weighted by molar-refractivity contribution is -0.139. The Morgan fingerprint density at radius 1 is 1.44 bits per heavy atom. The Balaban J connectivity index is 2.49. The molecule has 16 heavy (non-hydrogen) atoms. The molecule has 1 N–H and O–H groups in total. The molecule has 1 aromatic rings. The zero-order chi connectivity index (χ0) is 12.0. The molecule has 0 spiro atoms. The maximum atomic E-state index is 10.8. The van der Waals surface area contributed by atoms with Gasteiger partial charge in [-0.2, -0.15) is 0 Å². The van der Waals surface area contributed by atoms with Crippen molar-refractivity contribution in [3.05, 3.63) is 28.8 Å². The molecule has 0 fully saturated rings. The van der Waals surface area contributed by atoms with Gasteiger partial charge in [0.1, 0.15) is 5.75 Å². The molecule has 4 nitrogen and oxygen atoms in total. The number of halogens is 1. The fraction of sp³-hybridized carbons (Fsp3) is 0.364. The van der Waals surface area contributed by atoms with Gasteiger partial charge in [0.25, 0.3) is 0 Å². The first-order valence-electron chi connectivity index (χ1n) is 4.77. The quantitative estimate of drug-likeness (QED) is 0.799. The van der Waals surface area contributed by atoms with Gasteiger partial charge in [-0.3, -0.25) is 4.79 Å². The third kappa shape index (κ3) is 3.72. The van der Waals surface area contributed by atoms with Crippen LogP contribution in [0.15, 0.2) is 18.2 Å². The second-order valence-electron chi connectivity index (χ2n) is 3.15. The molecular weight excluding hydrogens is 230 g/mol. The van der Waals surface area contributed by atoms with Crippen molar-refractivity contribution in [2.24, 2.45) is 0 Å². The van der Waals surface area contributed by atoms with Gasteiger partial charge >= 0.3 is 5.97 Å². The van der Waals surface area contributed by atoms with Gasteiger partial charge in [0.15, 0.2) is 0 Å². The van der Waals surface area contributed by atoms with Crippen LogP contribution in [0.5, 0.6) is 5.75 Å². The third-order valence-corrected chi connectivity index (χ3v) is 2.34. The van der Waals surface area contributed by atoms with E-state index in [4.69, 9.17) is 16.3 Å². The fourth-order valence-electron chi connectivity index (χ4n) is 1.20. The molecule has 0 unspecified atom stereocenters. The Morgan fingerprint density at radius 3 is 2.75 bits per heavy atom. The number of ether oxygens (including phenoxy) is 2. The minimum atomic E-state index is -0.292. The smallest absolute Gasteiger partial charge is 0.319 e. The zero-order valence-electron chi connectivity index (χ0n) is 9.25. The number of methoxy groups -OCH3 is 2. The van der Waals surface area contributed by atoms with Crippen molar-refractivity contribution in [1.29, 1.82) is 0 Å². The summed E-state index contributed by atoms with van der Waals surface area (Å²) in [6.45, 7) is 0.735. The van der Waals surface area contributed by atoms with E-state index in [1.54, 1.807) is 19.2 Å². The van der Waals surface area contributed by atoms with Crippen molar-refractivity contribution < 1.29 is 14.3 Å². The van der Waals surface area contributed by atoms with E-state index < -0.39 is 0 Å². The first-order valence-corrected chi connectivity index (χ1v) is 5.15. The van der Waals surface area contributed by atoms with Crippen LogP contribution in [0.4, 0.5) is 0 Å². The maximum Gasteiger partial charge on any atom is 0.319 e. The molecule has 0 aromatic heterocycles. The molecule has 5 heteroatoms. The Bertz CT molecular complexity index is 368. The van der Waals surface area contributed by atoms with Crippen molar-refractivity contribution in [3.63, 3.8) is 0 Å². The van der Waals surface area contributed by atoms with Crippen molar-refractivity contribution in [2.75, 3.05) is 20.8 Å². The van der Waals surface area contributed by atoms with E-state index in [1.165, 1.54) is 7.11 Å². The molecule has 0 bridgehead atoms. The Kier molecular flexibility index (Phi) is 5.08. The largest absolute Gasteiger partial charge is 0.495 e. The molecule has 1 aromatic carbocycles. The summed E-state index contributed by atoms with van der Waals surface area (Å²) < 4.78 is 9.53. The maximum absolute atomic E-state index is 10.8. The number of benzene rings is 1. The summed E-state index contributed by atoms with van der Waals surface area (Å²) >= 11 is 5.95. The van der Waals surface area contributed by atoms with Crippen molar-refractivity contribution >= 4 is 17.6 Å². The predicted molar refractivity (Wildman–Crippen MR) is 61.7 cm³/mol. The van der Waals surface area contributed by atoms with Crippen LogP contribution in [-0.2, 0) is 16.1 Å². The van der Waals surface area contributed by atoms with Gasteiger partial charge in [0, 0.05) is 6.54 Å². The monoisotopic (exact) mass is 243 g/mol. The summed E-state index contributed by atoms with van der Waals surface area (Å²) in [4.78, 5) is 10.8. The number of hydrogen-bond acceptors (Lipinski definition) is 4. The second kappa shape index (κ2) is 6.35. The van der Waals surface area contributed by atoms with Gasteiger partial charge in [-0.1, -0.05) is 17.7 Å². The van der Waals surface area contributed by atoms with E-state index in [9.17, 15) is 4.79 Å². The van der Waals surface area contributed by atoms with E-state index in [0.29, 0.717) is 17.3 Å². The van der Waals surface area contributed by atoms with Crippen molar-refractivity contribution in [3.8, 4) is 5.75 Å². The van der Waals surface area contributed by atoms with E-state index in [-0.39, 0.29) is 12.5 Å². The lowest BCUT2D eigenvalue weighted by atomic mass is 10.2. The van der Waals surface area contributed by atoms with Crippen LogP contribution in [0, 0.1) is 0 Å². The molecule has 0 aliphatic heterocycles. The molecule has 0 saturated carbocycles. The summed E-state index contributed by atoms with van der Waals surface area (Å²) in [5, 5.41) is 3.50. The van der Waals surface area contributed by atoms with Gasteiger partial charge in [-0.05, 0) is 17.7 Å². The fourth-order valence-corrected chi connectivity index (χ4v) is 1.48. The van der Waals surface area contributed by atoms with E-state index in [0.717, 1.165) is 5.56 Å². The highest BCUT2D eigenvalue weighted by molar-refractivity contribution is 6.32. The average molecular weight is 244 g/mol. The highest BCUT2D eigenvalue weighted by Crippen LogP contribution is 2.24. The molecule has 0 aliphatic carbocycles. The molecule has 1 rings (SSSR count). The molecule has 0 saturated heterocycles. The van der Waals surface area contributed by atoms with Crippen molar-refractivity contribution in [2.45, 2.75) is 6.54 Å². The minimum absolute atomic E-state index is 0.181. The standard InChI is InChI=1S/C11H14ClNO3/c1-15-10-4-3-8(5-9(10)12)6-13-7-11(14)16-2/h3-5,13H,6-7H2,1-2H3. The zero-order valence-corrected chi connectivity index (χ0v) is 10.0. The number of esters is 1. The van der Waals surface area contributed by atoms with Gasteiger partial charge in [-0.25, -0.2) is 0 Å². The lowest BCUT2D eigenvalue weighted by Gasteiger charge is -2.06. The highest BCUT2D eigenvalue weighted by Gasteiger charge is 2.03. The minimum Gasteiger partial charge on any atom is -0.495 e. The topological polar surface area (TPSA) is 47.6 Å². The first-order chi connectivity index (χ1) is 7.67. The van der Waals surface area contributed by atoms with Gasteiger partial charge in [-0.15, -0.1) is 0 Å². The Hall–Kier alpha value is -1.26. The van der Waals surface area contributed by atoms with Crippen LogP contribution in [0.3, 0.4) is 0 Å². The average Bonchev–Trinajstić information content (AvgIpc) is 2.29. The summed E-state index contributed by atoms with van der Waals surface area (Å²) in [7, 11) is 2.92.